The van der Waals surface area contributed by atoms with Crippen LogP contribution in [0.25, 0.3) is 0 Å². The van der Waals surface area contributed by atoms with Gasteiger partial charge < -0.3 is 15.5 Å². The van der Waals surface area contributed by atoms with Crippen molar-refractivity contribution in [1.29, 1.82) is 0 Å². The Morgan fingerprint density at radius 2 is 1.79 bits per heavy atom. The van der Waals surface area contributed by atoms with Gasteiger partial charge in [-0.2, -0.15) is 0 Å². The molecule has 1 unspecified atom stereocenters. The highest BCUT2D eigenvalue weighted by Gasteiger charge is 2.35. The zero-order chi connectivity index (χ0) is 24.1. The number of nitrogens with one attached hydrogen (secondary N) is 2. The maximum absolute atomic E-state index is 12.9. The van der Waals surface area contributed by atoms with E-state index in [2.05, 4.69) is 17.6 Å². The molecule has 1 atom stereocenters. The van der Waals surface area contributed by atoms with Crippen LogP contribution in [-0.4, -0.2) is 29.8 Å². The second-order valence-electron chi connectivity index (χ2n) is 8.31. The van der Waals surface area contributed by atoms with Crippen LogP contribution in [0.4, 0.5) is 5.69 Å². The number of hydrogen-bond acceptors (Lipinski definition) is 3. The number of hydrogen-bond donors (Lipinski definition) is 2. The molecule has 0 saturated carbocycles. The first-order valence-electron chi connectivity index (χ1n) is 11.5. The van der Waals surface area contributed by atoms with Gasteiger partial charge in [-0.05, 0) is 60.9 Å². The van der Waals surface area contributed by atoms with Gasteiger partial charge in [0.1, 0.15) is 6.17 Å². The van der Waals surface area contributed by atoms with Crippen LogP contribution in [0.3, 0.4) is 0 Å². The van der Waals surface area contributed by atoms with Crippen molar-refractivity contribution in [3.05, 3.63) is 99.0 Å². The molecule has 0 spiro atoms. The van der Waals surface area contributed by atoms with Gasteiger partial charge in [0.25, 0.3) is 11.8 Å². The third-order valence-electron chi connectivity index (χ3n) is 5.96. The quantitative estimate of drug-likeness (QED) is 0.364. The molecule has 0 aliphatic carbocycles. The highest BCUT2D eigenvalue weighted by atomic mass is 35.5. The number of amides is 2. The number of anilines is 1. The lowest BCUT2D eigenvalue weighted by atomic mass is 10.1. The van der Waals surface area contributed by atoms with E-state index in [9.17, 15) is 9.59 Å². The maximum atomic E-state index is 12.9. The SMILES string of the molecule is CCCCN1C(=O)c2ccccc2C1Nc1ccc(C(=O)NCCc2ccc(Cl)cc2Cl)cc1. The monoisotopic (exact) mass is 495 g/mol. The minimum atomic E-state index is -0.223. The van der Waals surface area contributed by atoms with Gasteiger partial charge in [-0.1, -0.05) is 60.8 Å². The Balaban J connectivity index is 1.39. The van der Waals surface area contributed by atoms with Gasteiger partial charge in [-0.25, -0.2) is 0 Å². The summed E-state index contributed by atoms with van der Waals surface area (Å²) in [5, 5.41) is 7.59. The molecule has 1 heterocycles. The lowest BCUT2D eigenvalue weighted by Crippen LogP contribution is -2.33. The second-order valence-corrected chi connectivity index (χ2v) is 9.15. The molecular weight excluding hydrogens is 469 g/mol. The molecule has 0 saturated heterocycles. The molecule has 3 aromatic rings. The highest BCUT2D eigenvalue weighted by Crippen LogP contribution is 2.34. The van der Waals surface area contributed by atoms with Gasteiger partial charge in [-0.3, -0.25) is 9.59 Å². The Hall–Kier alpha value is -3.02. The fraction of sp³-hybridized carbons (Fsp3) is 0.259. The van der Waals surface area contributed by atoms with Crippen LogP contribution in [0.2, 0.25) is 10.0 Å². The van der Waals surface area contributed by atoms with E-state index >= 15 is 0 Å². The predicted octanol–water partition coefficient (Wildman–Crippen LogP) is 6.33. The molecule has 1 aliphatic rings. The Kier molecular flexibility index (Phi) is 7.76. The first kappa shape index (κ1) is 24.1. The molecule has 0 fully saturated rings. The van der Waals surface area contributed by atoms with Crippen molar-refractivity contribution in [1.82, 2.24) is 10.2 Å². The van der Waals surface area contributed by atoms with Crippen molar-refractivity contribution >= 4 is 40.7 Å². The summed E-state index contributed by atoms with van der Waals surface area (Å²) in [6.07, 6.45) is 2.35. The van der Waals surface area contributed by atoms with Crippen LogP contribution in [0, 0.1) is 0 Å². The molecule has 1 aliphatic heterocycles. The van der Waals surface area contributed by atoms with Gasteiger partial charge in [0.2, 0.25) is 0 Å². The Labute approximate surface area is 210 Å². The summed E-state index contributed by atoms with van der Waals surface area (Å²) in [7, 11) is 0. The number of rotatable bonds is 9. The molecular formula is C27H27Cl2N3O2. The van der Waals surface area contributed by atoms with Crippen LogP contribution < -0.4 is 10.6 Å². The van der Waals surface area contributed by atoms with E-state index in [0.29, 0.717) is 35.1 Å². The Bertz CT molecular complexity index is 1180. The van der Waals surface area contributed by atoms with E-state index < -0.39 is 0 Å². The number of carbonyl (C=O) groups excluding carboxylic acids is 2. The third-order valence-corrected chi connectivity index (χ3v) is 6.54. The average Bonchev–Trinajstić information content (AvgIpc) is 3.10. The van der Waals surface area contributed by atoms with E-state index in [4.69, 9.17) is 23.2 Å². The average molecular weight is 496 g/mol. The predicted molar refractivity (Wildman–Crippen MR) is 138 cm³/mol. The van der Waals surface area contributed by atoms with E-state index in [0.717, 1.165) is 35.2 Å². The van der Waals surface area contributed by atoms with E-state index in [1.807, 2.05) is 47.4 Å². The standard InChI is InChI=1S/C27H27Cl2N3O2/c1-2-3-16-32-25(22-6-4-5-7-23(22)27(32)34)31-21-12-9-19(10-13-21)26(33)30-15-14-18-8-11-20(28)17-24(18)29/h4-13,17,25,31H,2-3,14-16H2,1H3,(H,30,33). The van der Waals surface area contributed by atoms with Gasteiger partial charge in [0.15, 0.2) is 0 Å². The number of nitrogens with zero attached hydrogens (tertiary/aromatic N) is 1. The van der Waals surface area contributed by atoms with Gasteiger partial charge in [0.05, 0.1) is 0 Å². The summed E-state index contributed by atoms with van der Waals surface area (Å²) in [5.41, 5.74) is 4.07. The minimum absolute atomic E-state index is 0.0540. The van der Waals surface area contributed by atoms with E-state index in [-0.39, 0.29) is 18.0 Å². The fourth-order valence-corrected chi connectivity index (χ4v) is 4.60. The van der Waals surface area contributed by atoms with Crippen molar-refractivity contribution < 1.29 is 9.59 Å². The molecule has 34 heavy (non-hydrogen) atoms. The van der Waals surface area contributed by atoms with Crippen molar-refractivity contribution in [3.63, 3.8) is 0 Å². The zero-order valence-electron chi connectivity index (χ0n) is 19.0. The summed E-state index contributed by atoms with van der Waals surface area (Å²) in [5.74, 6) is -0.0964. The summed E-state index contributed by atoms with van der Waals surface area (Å²) >= 11 is 12.1. The summed E-state index contributed by atoms with van der Waals surface area (Å²) in [6.45, 7) is 3.28. The molecule has 3 aromatic carbocycles. The second kappa shape index (κ2) is 10.9. The third kappa shape index (κ3) is 5.37. The van der Waals surface area contributed by atoms with Crippen LogP contribution in [0.15, 0.2) is 66.7 Å². The Morgan fingerprint density at radius 1 is 1.03 bits per heavy atom. The lowest BCUT2D eigenvalue weighted by molar-refractivity contribution is 0.0740. The molecule has 0 aromatic heterocycles. The van der Waals surface area contributed by atoms with Crippen molar-refractivity contribution in [2.24, 2.45) is 0 Å². The summed E-state index contributed by atoms with van der Waals surface area (Å²) in [4.78, 5) is 27.4. The van der Waals surface area contributed by atoms with Crippen LogP contribution in [-0.2, 0) is 6.42 Å². The van der Waals surface area contributed by atoms with Crippen LogP contribution in [0.1, 0.15) is 57.8 Å². The number of benzene rings is 3. The molecule has 0 bridgehead atoms. The zero-order valence-corrected chi connectivity index (χ0v) is 20.5. The highest BCUT2D eigenvalue weighted by molar-refractivity contribution is 6.35. The number of unbranched alkanes of at least 4 members (excludes halogenated alkanes) is 1. The molecule has 4 rings (SSSR count). The summed E-state index contributed by atoms with van der Waals surface area (Å²) in [6, 6.07) is 20.4. The molecule has 2 amide bonds. The molecule has 7 heteroatoms. The Morgan fingerprint density at radius 3 is 2.53 bits per heavy atom. The normalized spacial score (nSPS) is 14.7. The van der Waals surface area contributed by atoms with Crippen LogP contribution in [0.5, 0.6) is 0 Å². The molecule has 0 radical (unpaired) electrons. The first-order chi connectivity index (χ1) is 16.5. The summed E-state index contributed by atoms with van der Waals surface area (Å²) < 4.78 is 0. The van der Waals surface area contributed by atoms with Gasteiger partial charge in [0, 0.05) is 45.5 Å². The number of fused-ring (bicyclic) bond motifs is 1. The van der Waals surface area contributed by atoms with Gasteiger partial charge in [-0.15, -0.1) is 0 Å². The molecule has 2 N–H and O–H groups in total. The molecule has 176 valence electrons. The van der Waals surface area contributed by atoms with E-state index in [1.165, 1.54) is 0 Å². The molecule has 5 nitrogen and oxygen atoms in total. The first-order valence-corrected chi connectivity index (χ1v) is 12.2. The fourth-order valence-electron chi connectivity index (χ4n) is 4.10. The van der Waals surface area contributed by atoms with Crippen LogP contribution >= 0.6 is 23.2 Å². The van der Waals surface area contributed by atoms with Crippen molar-refractivity contribution in [3.8, 4) is 0 Å². The lowest BCUT2D eigenvalue weighted by Gasteiger charge is -2.27. The smallest absolute Gasteiger partial charge is 0.256 e. The number of carbonyl (C=O) groups is 2. The topological polar surface area (TPSA) is 61.4 Å². The number of halogens is 2. The maximum Gasteiger partial charge on any atom is 0.256 e. The van der Waals surface area contributed by atoms with Crippen molar-refractivity contribution in [2.45, 2.75) is 32.4 Å². The minimum Gasteiger partial charge on any atom is -0.361 e. The van der Waals surface area contributed by atoms with Gasteiger partial charge >= 0.3 is 0 Å². The van der Waals surface area contributed by atoms with Crippen molar-refractivity contribution in [2.75, 3.05) is 18.4 Å². The van der Waals surface area contributed by atoms with E-state index in [1.54, 1.807) is 24.3 Å². The largest absolute Gasteiger partial charge is 0.361 e.